The van der Waals surface area contributed by atoms with Gasteiger partial charge in [-0.25, -0.2) is 4.79 Å². The zero-order valence-corrected chi connectivity index (χ0v) is 11.6. The first kappa shape index (κ1) is 13.1. The van der Waals surface area contributed by atoms with Gasteiger partial charge in [-0.05, 0) is 38.5 Å². The van der Waals surface area contributed by atoms with Crippen molar-refractivity contribution in [1.82, 2.24) is 0 Å². The van der Waals surface area contributed by atoms with Crippen molar-refractivity contribution in [2.45, 2.75) is 63.4 Å². The second kappa shape index (κ2) is 4.32. The first-order valence-electron chi connectivity index (χ1n) is 7.19. The molecule has 3 aliphatic rings. The zero-order chi connectivity index (χ0) is 13.8. The van der Waals surface area contributed by atoms with Gasteiger partial charge in [0.1, 0.15) is 6.10 Å². The summed E-state index contributed by atoms with van der Waals surface area (Å²) in [6.45, 7) is 7.85. The highest BCUT2D eigenvalue weighted by Gasteiger charge is 2.63. The van der Waals surface area contributed by atoms with Crippen molar-refractivity contribution in [2.24, 2.45) is 11.8 Å². The molecule has 0 aromatic carbocycles. The van der Waals surface area contributed by atoms with Crippen molar-refractivity contribution in [1.29, 1.82) is 0 Å². The van der Waals surface area contributed by atoms with Crippen molar-refractivity contribution >= 4 is 5.97 Å². The van der Waals surface area contributed by atoms with Gasteiger partial charge in [-0.15, -0.1) is 0 Å². The molecule has 1 saturated carbocycles. The van der Waals surface area contributed by atoms with Gasteiger partial charge in [-0.1, -0.05) is 13.5 Å². The van der Waals surface area contributed by atoms with E-state index < -0.39 is 0 Å². The summed E-state index contributed by atoms with van der Waals surface area (Å²) in [5.41, 5.74) is 0.507. The van der Waals surface area contributed by atoms with Crippen molar-refractivity contribution in [2.75, 3.05) is 0 Å². The van der Waals surface area contributed by atoms with Gasteiger partial charge in [-0.2, -0.15) is 0 Å². The summed E-state index contributed by atoms with van der Waals surface area (Å²) in [6.07, 6.45) is 3.21. The summed E-state index contributed by atoms with van der Waals surface area (Å²) in [7, 11) is 0. The Bertz CT molecular complexity index is 416. The number of hydrogen-bond donors (Lipinski definition) is 1. The van der Waals surface area contributed by atoms with Gasteiger partial charge in [0, 0.05) is 11.5 Å². The number of esters is 1. The molecule has 1 aliphatic carbocycles. The lowest BCUT2D eigenvalue weighted by atomic mass is 9.84. The number of rotatable bonds is 3. The van der Waals surface area contributed by atoms with E-state index >= 15 is 0 Å². The molecule has 0 spiro atoms. The summed E-state index contributed by atoms with van der Waals surface area (Å²) < 4.78 is 11.4. The minimum absolute atomic E-state index is 0.0187. The van der Waals surface area contributed by atoms with E-state index in [2.05, 4.69) is 13.5 Å². The van der Waals surface area contributed by atoms with E-state index in [4.69, 9.17) is 9.47 Å². The van der Waals surface area contributed by atoms with Gasteiger partial charge in [-0.3, -0.25) is 0 Å². The Balaban J connectivity index is 1.74. The lowest BCUT2D eigenvalue weighted by molar-refractivity contribution is -0.140. The van der Waals surface area contributed by atoms with Gasteiger partial charge < -0.3 is 14.6 Å². The van der Waals surface area contributed by atoms with Crippen LogP contribution >= 0.6 is 0 Å². The van der Waals surface area contributed by atoms with Crippen LogP contribution in [-0.2, 0) is 14.3 Å². The Hall–Kier alpha value is -0.870. The fourth-order valence-electron chi connectivity index (χ4n) is 3.77. The standard InChI is InChI=1S/C15H22O4/c1-8-6-12-11(10(3)14(17)18-12)7-13-15(8,19-13)5-4-9(2)16/h8-9,11-13,16H,3-7H2,1-2H3/t8-,9-,11+,12+,13+,15-/m0/s1. The Labute approximate surface area is 113 Å². The molecule has 0 unspecified atom stereocenters. The summed E-state index contributed by atoms with van der Waals surface area (Å²) in [4.78, 5) is 11.6. The molecule has 3 fully saturated rings. The average Bonchev–Trinajstić information content (AvgIpc) is 3.00. The number of carbonyl (C=O) groups is 1. The van der Waals surface area contributed by atoms with Crippen molar-refractivity contribution in [3.8, 4) is 0 Å². The smallest absolute Gasteiger partial charge is 0.334 e. The SMILES string of the molecule is C=C1C(=O)O[C@@H]2C[C@H](C)[C@]3(CC[C@H](C)O)O[C@@H]3C[C@H]12. The number of hydrogen-bond acceptors (Lipinski definition) is 4. The Morgan fingerprint density at radius 3 is 2.95 bits per heavy atom. The quantitative estimate of drug-likeness (QED) is 0.481. The minimum atomic E-state index is -0.290. The van der Waals surface area contributed by atoms with Gasteiger partial charge in [0.15, 0.2) is 0 Å². The third kappa shape index (κ3) is 2.01. The third-order valence-corrected chi connectivity index (χ3v) is 5.11. The molecule has 2 heterocycles. The summed E-state index contributed by atoms with van der Waals surface area (Å²) in [5.74, 6) is 0.236. The van der Waals surface area contributed by atoms with E-state index in [1.807, 2.05) is 6.92 Å². The number of carbonyl (C=O) groups excluding carboxylic acids is 1. The molecule has 0 bridgehead atoms. The van der Waals surface area contributed by atoms with Gasteiger partial charge >= 0.3 is 5.97 Å². The van der Waals surface area contributed by atoms with E-state index in [-0.39, 0.29) is 35.8 Å². The van der Waals surface area contributed by atoms with Crippen LogP contribution in [0.5, 0.6) is 0 Å². The van der Waals surface area contributed by atoms with E-state index in [0.29, 0.717) is 11.5 Å². The highest BCUT2D eigenvalue weighted by atomic mass is 16.6. The molecule has 2 saturated heterocycles. The molecule has 0 aromatic rings. The maximum Gasteiger partial charge on any atom is 0.334 e. The number of aliphatic hydroxyl groups is 1. The molecule has 0 amide bonds. The molecule has 0 aromatic heterocycles. The second-order valence-electron chi connectivity index (χ2n) is 6.40. The van der Waals surface area contributed by atoms with Crippen LogP contribution in [0.2, 0.25) is 0 Å². The van der Waals surface area contributed by atoms with Crippen LogP contribution in [0, 0.1) is 11.8 Å². The predicted molar refractivity (Wildman–Crippen MR) is 69.4 cm³/mol. The largest absolute Gasteiger partial charge is 0.458 e. The first-order valence-corrected chi connectivity index (χ1v) is 7.19. The highest BCUT2D eigenvalue weighted by molar-refractivity contribution is 5.90. The van der Waals surface area contributed by atoms with Crippen LogP contribution < -0.4 is 0 Å². The molecule has 106 valence electrons. The Morgan fingerprint density at radius 1 is 1.53 bits per heavy atom. The van der Waals surface area contributed by atoms with E-state index in [0.717, 1.165) is 25.7 Å². The van der Waals surface area contributed by atoms with Gasteiger partial charge in [0.05, 0.1) is 17.8 Å². The highest BCUT2D eigenvalue weighted by Crippen LogP contribution is 2.56. The minimum Gasteiger partial charge on any atom is -0.458 e. The number of ether oxygens (including phenoxy) is 2. The number of fused-ring (bicyclic) bond motifs is 2. The lowest BCUT2D eigenvalue weighted by Crippen LogP contribution is -2.27. The molecule has 4 heteroatoms. The van der Waals surface area contributed by atoms with Crippen LogP contribution in [0.3, 0.4) is 0 Å². The van der Waals surface area contributed by atoms with Crippen LogP contribution in [0.15, 0.2) is 12.2 Å². The molecule has 0 radical (unpaired) electrons. The summed E-state index contributed by atoms with van der Waals surface area (Å²) >= 11 is 0. The zero-order valence-electron chi connectivity index (χ0n) is 11.6. The molecular weight excluding hydrogens is 244 g/mol. The van der Waals surface area contributed by atoms with Crippen LogP contribution in [0.1, 0.15) is 39.5 Å². The van der Waals surface area contributed by atoms with Gasteiger partial charge in [0.25, 0.3) is 0 Å². The molecule has 3 rings (SSSR count). The number of aliphatic hydroxyl groups excluding tert-OH is 1. The van der Waals surface area contributed by atoms with Crippen molar-refractivity contribution < 1.29 is 19.4 Å². The Kier molecular flexibility index (Phi) is 2.98. The topological polar surface area (TPSA) is 59.1 Å². The maximum absolute atomic E-state index is 11.6. The molecule has 6 atom stereocenters. The monoisotopic (exact) mass is 266 g/mol. The summed E-state index contributed by atoms with van der Waals surface area (Å²) in [5, 5.41) is 9.47. The average molecular weight is 266 g/mol. The second-order valence-corrected chi connectivity index (χ2v) is 6.40. The van der Waals surface area contributed by atoms with Crippen molar-refractivity contribution in [3.63, 3.8) is 0 Å². The molecule has 4 nitrogen and oxygen atoms in total. The fourth-order valence-corrected chi connectivity index (χ4v) is 3.77. The van der Waals surface area contributed by atoms with Crippen LogP contribution in [-0.4, -0.2) is 35.0 Å². The Morgan fingerprint density at radius 2 is 2.26 bits per heavy atom. The molecule has 19 heavy (non-hydrogen) atoms. The molecule has 1 N–H and O–H groups in total. The van der Waals surface area contributed by atoms with Crippen molar-refractivity contribution in [3.05, 3.63) is 12.2 Å². The van der Waals surface area contributed by atoms with Crippen LogP contribution in [0.4, 0.5) is 0 Å². The van der Waals surface area contributed by atoms with Gasteiger partial charge in [0.2, 0.25) is 0 Å². The van der Waals surface area contributed by atoms with Crippen LogP contribution in [0.25, 0.3) is 0 Å². The van der Waals surface area contributed by atoms with E-state index in [1.165, 1.54) is 0 Å². The summed E-state index contributed by atoms with van der Waals surface area (Å²) in [6, 6.07) is 0. The number of epoxide rings is 1. The third-order valence-electron chi connectivity index (χ3n) is 5.11. The molecular formula is C15H22O4. The predicted octanol–water partition coefficient (Wildman–Crippen LogP) is 1.81. The maximum atomic E-state index is 11.6. The fraction of sp³-hybridized carbons (Fsp3) is 0.800. The normalized spacial score (nSPS) is 46.1. The first-order chi connectivity index (χ1) is 8.94. The van der Waals surface area contributed by atoms with E-state index in [9.17, 15) is 9.90 Å². The van der Waals surface area contributed by atoms with E-state index in [1.54, 1.807) is 0 Å². The molecule has 2 aliphatic heterocycles. The lowest BCUT2D eigenvalue weighted by Gasteiger charge is -2.23.